The largest absolute Gasteiger partial charge is 0.459 e. The Morgan fingerprint density at radius 3 is 2.63 bits per heavy atom. The molecule has 8 heteroatoms. The van der Waals surface area contributed by atoms with Crippen LogP contribution in [0.15, 0.2) is 57.6 Å². The molecule has 1 aliphatic rings. The van der Waals surface area contributed by atoms with E-state index in [-0.39, 0.29) is 5.91 Å². The molecule has 1 aliphatic heterocycles. The summed E-state index contributed by atoms with van der Waals surface area (Å²) in [5, 5.41) is 8.27. The molecule has 0 bridgehead atoms. The lowest BCUT2D eigenvalue weighted by molar-refractivity contribution is -0.141. The molecule has 4 rings (SSSR count). The van der Waals surface area contributed by atoms with Gasteiger partial charge in [0.15, 0.2) is 5.76 Å². The highest BCUT2D eigenvalue weighted by atomic mass is 16.5. The van der Waals surface area contributed by atoms with Gasteiger partial charge in [0.1, 0.15) is 6.04 Å². The quantitative estimate of drug-likeness (QED) is 0.564. The summed E-state index contributed by atoms with van der Waals surface area (Å²) in [5.74, 6) is 1.39. The predicted octanol–water partition coefficient (Wildman–Crippen LogP) is 3.14. The van der Waals surface area contributed by atoms with Crippen molar-refractivity contribution in [1.29, 1.82) is 0 Å². The number of amides is 1. The molecule has 1 aromatic carbocycles. The lowest BCUT2D eigenvalue weighted by Gasteiger charge is -2.35. The smallest absolute Gasteiger partial charge is 0.283 e. The Hall–Kier alpha value is -2.97. The van der Waals surface area contributed by atoms with Crippen LogP contribution in [0, 0.1) is 0 Å². The van der Waals surface area contributed by atoms with Crippen LogP contribution in [0.5, 0.6) is 0 Å². The van der Waals surface area contributed by atoms with Gasteiger partial charge in [-0.3, -0.25) is 9.69 Å². The number of carbonyl (C=O) groups excluding carboxylic acids is 1. The van der Waals surface area contributed by atoms with Gasteiger partial charge in [0, 0.05) is 13.1 Å². The molecule has 8 nitrogen and oxygen atoms in total. The second kappa shape index (κ2) is 9.69. The van der Waals surface area contributed by atoms with E-state index in [1.165, 1.54) is 0 Å². The summed E-state index contributed by atoms with van der Waals surface area (Å²) in [6.45, 7) is 5.52. The molecule has 3 aromatic rings. The Morgan fingerprint density at radius 2 is 1.93 bits per heavy atom. The summed E-state index contributed by atoms with van der Waals surface area (Å²) in [6.07, 6.45) is 2.45. The fourth-order valence-electron chi connectivity index (χ4n) is 3.68. The zero-order valence-corrected chi connectivity index (χ0v) is 17.1. The lowest BCUT2D eigenvalue weighted by atomic mass is 10.0. The van der Waals surface area contributed by atoms with Crippen molar-refractivity contribution in [3.63, 3.8) is 0 Å². The van der Waals surface area contributed by atoms with Gasteiger partial charge in [0.05, 0.1) is 26.0 Å². The molecule has 158 valence electrons. The van der Waals surface area contributed by atoms with E-state index in [4.69, 9.17) is 13.6 Å². The molecule has 30 heavy (non-hydrogen) atoms. The predicted molar refractivity (Wildman–Crippen MR) is 109 cm³/mol. The molecular weight excluding hydrogens is 384 g/mol. The maximum atomic E-state index is 13.5. The van der Waals surface area contributed by atoms with Gasteiger partial charge >= 0.3 is 0 Å². The summed E-state index contributed by atoms with van der Waals surface area (Å²) in [7, 11) is 0. The number of morpholine rings is 1. The molecule has 1 unspecified atom stereocenters. The van der Waals surface area contributed by atoms with Crippen molar-refractivity contribution in [3.05, 3.63) is 60.2 Å². The van der Waals surface area contributed by atoms with Crippen molar-refractivity contribution in [2.24, 2.45) is 0 Å². The Morgan fingerprint density at radius 1 is 1.13 bits per heavy atom. The van der Waals surface area contributed by atoms with Gasteiger partial charge in [-0.15, -0.1) is 10.2 Å². The Labute approximate surface area is 175 Å². The molecule has 2 aromatic heterocycles. The van der Waals surface area contributed by atoms with Gasteiger partial charge in [0.2, 0.25) is 11.8 Å². The zero-order chi connectivity index (χ0) is 20.8. The van der Waals surface area contributed by atoms with Crippen LogP contribution in [-0.2, 0) is 16.1 Å². The van der Waals surface area contributed by atoms with Crippen molar-refractivity contribution in [1.82, 2.24) is 20.0 Å². The van der Waals surface area contributed by atoms with Gasteiger partial charge in [-0.2, -0.15) is 0 Å². The number of nitrogens with zero attached hydrogens (tertiary/aromatic N) is 4. The zero-order valence-electron chi connectivity index (χ0n) is 17.1. The van der Waals surface area contributed by atoms with Crippen LogP contribution < -0.4 is 0 Å². The van der Waals surface area contributed by atoms with Crippen LogP contribution in [0.25, 0.3) is 11.7 Å². The molecule has 0 radical (unpaired) electrons. The first-order valence-electron chi connectivity index (χ1n) is 10.3. The van der Waals surface area contributed by atoms with Gasteiger partial charge in [-0.25, -0.2) is 0 Å². The third-order valence-corrected chi connectivity index (χ3v) is 5.09. The van der Waals surface area contributed by atoms with Crippen molar-refractivity contribution in [3.8, 4) is 11.7 Å². The maximum Gasteiger partial charge on any atom is 0.283 e. The minimum atomic E-state index is -0.428. The van der Waals surface area contributed by atoms with Crippen LogP contribution in [0.4, 0.5) is 0 Å². The van der Waals surface area contributed by atoms with Gasteiger partial charge in [-0.1, -0.05) is 37.3 Å². The van der Waals surface area contributed by atoms with Gasteiger partial charge < -0.3 is 18.5 Å². The molecule has 1 fully saturated rings. The van der Waals surface area contributed by atoms with E-state index >= 15 is 0 Å². The molecule has 1 atom stereocenters. The number of aromatic nitrogens is 2. The lowest BCUT2D eigenvalue weighted by Crippen LogP contribution is -2.47. The average Bonchev–Trinajstić information content (AvgIpc) is 3.47. The monoisotopic (exact) mass is 410 g/mol. The van der Waals surface area contributed by atoms with Gasteiger partial charge in [-0.05, 0) is 30.7 Å². The van der Waals surface area contributed by atoms with E-state index in [0.29, 0.717) is 56.9 Å². The van der Waals surface area contributed by atoms with E-state index in [9.17, 15) is 4.79 Å². The second-order valence-corrected chi connectivity index (χ2v) is 7.20. The SMILES string of the molecule is CCCN(Cc1nnc(-c2ccco2)o1)C(C(=O)N1CCOCC1)c1ccccc1. The highest BCUT2D eigenvalue weighted by Crippen LogP contribution is 2.27. The van der Waals surface area contributed by atoms with Crippen LogP contribution in [0.3, 0.4) is 0 Å². The Balaban J connectivity index is 1.61. The van der Waals surface area contributed by atoms with E-state index in [0.717, 1.165) is 12.0 Å². The summed E-state index contributed by atoms with van der Waals surface area (Å²) < 4.78 is 16.6. The first-order chi connectivity index (χ1) is 14.8. The molecule has 1 saturated heterocycles. The molecule has 0 aliphatic carbocycles. The molecule has 1 amide bonds. The number of carbonyl (C=O) groups is 1. The highest BCUT2D eigenvalue weighted by Gasteiger charge is 2.33. The van der Waals surface area contributed by atoms with Crippen LogP contribution in [-0.4, -0.2) is 58.8 Å². The molecular formula is C22H26N4O4. The standard InChI is InChI=1S/C22H26N4O4/c1-2-10-26(16-19-23-24-21(30-19)18-9-6-13-29-18)20(17-7-4-3-5-8-17)22(27)25-11-14-28-15-12-25/h3-9,13,20H,2,10-12,14-16H2,1H3. The number of furan rings is 1. The van der Waals surface area contributed by atoms with Crippen LogP contribution in [0.1, 0.15) is 30.8 Å². The average molecular weight is 410 g/mol. The van der Waals surface area contributed by atoms with Crippen molar-refractivity contribution >= 4 is 5.91 Å². The Bertz CT molecular complexity index is 920. The first-order valence-corrected chi connectivity index (χ1v) is 10.3. The third-order valence-electron chi connectivity index (χ3n) is 5.09. The van der Waals surface area contributed by atoms with Crippen molar-refractivity contribution in [2.75, 3.05) is 32.8 Å². The van der Waals surface area contributed by atoms with E-state index < -0.39 is 6.04 Å². The Kier molecular flexibility index (Phi) is 6.56. The van der Waals surface area contributed by atoms with Crippen molar-refractivity contribution in [2.45, 2.75) is 25.9 Å². The molecule has 0 spiro atoms. The normalized spacial score (nSPS) is 15.5. The van der Waals surface area contributed by atoms with E-state index in [1.807, 2.05) is 35.2 Å². The number of rotatable bonds is 8. The number of ether oxygens (including phenoxy) is 1. The number of benzene rings is 1. The fraction of sp³-hybridized carbons (Fsp3) is 0.409. The minimum Gasteiger partial charge on any atom is -0.459 e. The minimum absolute atomic E-state index is 0.0729. The van der Waals surface area contributed by atoms with Gasteiger partial charge in [0.25, 0.3) is 5.89 Å². The van der Waals surface area contributed by atoms with E-state index in [2.05, 4.69) is 22.0 Å². The molecule has 0 saturated carbocycles. The number of hydrogen-bond acceptors (Lipinski definition) is 7. The summed E-state index contributed by atoms with van der Waals surface area (Å²) >= 11 is 0. The summed E-state index contributed by atoms with van der Waals surface area (Å²) in [6, 6.07) is 13.0. The topological polar surface area (TPSA) is 84.8 Å². The molecule has 3 heterocycles. The van der Waals surface area contributed by atoms with E-state index in [1.54, 1.807) is 18.4 Å². The summed E-state index contributed by atoms with van der Waals surface area (Å²) in [4.78, 5) is 17.5. The maximum absolute atomic E-state index is 13.5. The fourth-order valence-corrected chi connectivity index (χ4v) is 3.68. The highest BCUT2D eigenvalue weighted by molar-refractivity contribution is 5.83. The van der Waals surface area contributed by atoms with Crippen LogP contribution in [0.2, 0.25) is 0 Å². The second-order valence-electron chi connectivity index (χ2n) is 7.20. The summed E-state index contributed by atoms with van der Waals surface area (Å²) in [5.41, 5.74) is 0.952. The third kappa shape index (κ3) is 4.60. The number of hydrogen-bond donors (Lipinski definition) is 0. The first kappa shape index (κ1) is 20.3. The van der Waals surface area contributed by atoms with Crippen LogP contribution >= 0.6 is 0 Å². The molecule has 0 N–H and O–H groups in total. The van der Waals surface area contributed by atoms with Crippen molar-refractivity contribution < 1.29 is 18.4 Å².